The van der Waals surface area contributed by atoms with Crippen molar-refractivity contribution in [3.63, 3.8) is 0 Å². The number of ether oxygens (including phenoxy) is 2. The molecule has 0 fully saturated rings. The summed E-state index contributed by atoms with van der Waals surface area (Å²) in [5.74, 6) is -1.59. The first kappa shape index (κ1) is 19.9. The van der Waals surface area contributed by atoms with E-state index < -0.39 is 35.6 Å². The van der Waals surface area contributed by atoms with Gasteiger partial charge in [-0.3, -0.25) is 0 Å². The van der Waals surface area contributed by atoms with Gasteiger partial charge >= 0.3 is 24.4 Å². The van der Waals surface area contributed by atoms with Gasteiger partial charge < -0.3 is 14.6 Å². The molecule has 0 bridgehead atoms. The van der Waals surface area contributed by atoms with Gasteiger partial charge in [0.1, 0.15) is 11.2 Å². The fraction of sp³-hybridized carbons (Fsp3) is 0.750. The van der Waals surface area contributed by atoms with E-state index in [-0.39, 0.29) is 0 Å². The third-order valence-electron chi connectivity index (χ3n) is 1.50. The molecule has 0 aliphatic carbocycles. The number of carboxylic acids is 1. The average molecular weight is 322 g/mol. The number of hydrogen-bond donors (Lipinski definition) is 3. The van der Waals surface area contributed by atoms with E-state index in [1.54, 1.807) is 52.5 Å². The van der Waals surface area contributed by atoms with Gasteiger partial charge in [-0.15, -0.1) is 0 Å². The van der Waals surface area contributed by atoms with Crippen LogP contribution in [0.25, 0.3) is 0 Å². The zero-order valence-corrected chi connectivity index (χ0v) is 13.4. The van der Waals surface area contributed by atoms with Gasteiger partial charge in [-0.05, 0) is 41.5 Å². The van der Waals surface area contributed by atoms with Crippen LogP contribution in [0.15, 0.2) is 0 Å². The van der Waals surface area contributed by atoms with Crippen LogP contribution in [-0.2, 0) is 23.9 Å². The van der Waals surface area contributed by atoms with Crippen LogP contribution in [0.2, 0.25) is 0 Å². The van der Waals surface area contributed by atoms with Crippen molar-refractivity contribution in [2.75, 3.05) is 0 Å². The fourth-order valence-corrected chi connectivity index (χ4v) is 0.926. The minimum Gasteiger partial charge on any atom is -0.477 e. The van der Waals surface area contributed by atoms with Gasteiger partial charge in [0.05, 0.1) is 0 Å². The lowest BCUT2D eigenvalue weighted by atomic mass is 10.2. The second-order valence-electron chi connectivity index (χ2n) is 6.11. The van der Waals surface area contributed by atoms with E-state index in [9.17, 15) is 14.4 Å². The van der Waals surface area contributed by atoms with E-state index in [1.165, 1.54) is 0 Å². The number of nitrogens with one attached hydrogen (secondary N) is 2. The number of rotatable bonds is 5. The summed E-state index contributed by atoms with van der Waals surface area (Å²) in [5.41, 5.74) is 1.89. The highest BCUT2D eigenvalue weighted by atomic mass is 16.9. The minimum atomic E-state index is -1.99. The summed E-state index contributed by atoms with van der Waals surface area (Å²) < 4.78 is 9.65. The molecule has 0 radical (unpaired) electrons. The van der Waals surface area contributed by atoms with Crippen LogP contribution < -0.4 is 11.0 Å². The summed E-state index contributed by atoms with van der Waals surface area (Å²) >= 11 is 0. The first-order valence-electron chi connectivity index (χ1n) is 6.32. The Bertz CT molecular complexity index is 378. The van der Waals surface area contributed by atoms with Gasteiger partial charge in [-0.2, -0.15) is 11.0 Å². The molecular formula is C12H22N2O8. The van der Waals surface area contributed by atoms with Crippen molar-refractivity contribution in [2.45, 2.75) is 59.0 Å². The molecule has 0 aliphatic heterocycles. The van der Waals surface area contributed by atoms with Gasteiger partial charge in [-0.25, -0.2) is 24.1 Å². The molecule has 0 spiro atoms. The number of amides is 2. The number of carbonyl (C=O) groups excluding carboxylic acids is 2. The second-order valence-corrected chi connectivity index (χ2v) is 6.11. The van der Waals surface area contributed by atoms with E-state index in [0.29, 0.717) is 0 Å². The molecule has 0 saturated carbocycles. The van der Waals surface area contributed by atoms with E-state index in [2.05, 4.69) is 9.68 Å². The lowest BCUT2D eigenvalue weighted by Gasteiger charge is -2.21. The Morgan fingerprint density at radius 3 is 1.36 bits per heavy atom. The summed E-state index contributed by atoms with van der Waals surface area (Å²) in [6.45, 7) is 9.68. The Morgan fingerprint density at radius 1 is 0.818 bits per heavy atom. The predicted octanol–water partition coefficient (Wildman–Crippen LogP) is 1.31. The molecule has 22 heavy (non-hydrogen) atoms. The van der Waals surface area contributed by atoms with Gasteiger partial charge in [0.2, 0.25) is 0 Å². The topological polar surface area (TPSA) is 132 Å². The highest BCUT2D eigenvalue weighted by molar-refractivity contribution is 5.72. The molecule has 10 heteroatoms. The van der Waals surface area contributed by atoms with Crippen LogP contribution >= 0.6 is 0 Å². The smallest absolute Gasteiger partial charge is 0.431 e. The highest BCUT2D eigenvalue weighted by Gasteiger charge is 2.25. The largest absolute Gasteiger partial charge is 0.477 e. The van der Waals surface area contributed by atoms with E-state index in [1.807, 2.05) is 0 Å². The average Bonchev–Trinajstić information content (AvgIpc) is 2.23. The van der Waals surface area contributed by atoms with E-state index >= 15 is 0 Å². The predicted molar refractivity (Wildman–Crippen MR) is 72.3 cm³/mol. The Morgan fingerprint density at radius 2 is 1.14 bits per heavy atom. The summed E-state index contributed by atoms with van der Waals surface area (Å²) in [6, 6.07) is 0. The molecule has 0 rings (SSSR count). The van der Waals surface area contributed by atoms with Gasteiger partial charge in [0.25, 0.3) is 0 Å². The minimum absolute atomic E-state index is 0.790. The molecule has 3 N–H and O–H groups in total. The number of carboxylic acid groups (broad SMARTS) is 1. The Kier molecular flexibility index (Phi) is 7.07. The Balaban J connectivity index is 4.31. The maximum atomic E-state index is 11.3. The van der Waals surface area contributed by atoms with Crippen LogP contribution in [0.3, 0.4) is 0 Å². The van der Waals surface area contributed by atoms with Crippen molar-refractivity contribution in [2.24, 2.45) is 0 Å². The summed E-state index contributed by atoms with van der Waals surface area (Å²) in [5, 5.41) is 8.83. The molecule has 0 unspecified atom stereocenters. The third kappa shape index (κ3) is 10.7. The molecule has 0 aromatic carbocycles. The SMILES string of the molecule is CC(C)(C)OC(=O)NOC(ONC(=O)OC(C)(C)C)C(=O)O. The van der Waals surface area contributed by atoms with Crippen LogP contribution in [0, 0.1) is 0 Å². The van der Waals surface area contributed by atoms with Crippen LogP contribution in [0.1, 0.15) is 41.5 Å². The molecule has 0 heterocycles. The molecule has 0 aliphatic rings. The van der Waals surface area contributed by atoms with Crippen molar-refractivity contribution in [3.05, 3.63) is 0 Å². The highest BCUT2D eigenvalue weighted by Crippen LogP contribution is 2.07. The van der Waals surface area contributed by atoms with Crippen molar-refractivity contribution < 1.29 is 38.6 Å². The maximum absolute atomic E-state index is 11.3. The van der Waals surface area contributed by atoms with Crippen LogP contribution in [0.5, 0.6) is 0 Å². The monoisotopic (exact) mass is 322 g/mol. The van der Waals surface area contributed by atoms with Crippen molar-refractivity contribution in [1.82, 2.24) is 11.0 Å². The van der Waals surface area contributed by atoms with Crippen molar-refractivity contribution in [3.8, 4) is 0 Å². The van der Waals surface area contributed by atoms with Gasteiger partial charge in [0.15, 0.2) is 0 Å². The van der Waals surface area contributed by atoms with Crippen molar-refractivity contribution in [1.29, 1.82) is 0 Å². The number of carbonyl (C=O) groups is 3. The zero-order chi connectivity index (χ0) is 17.6. The maximum Gasteiger partial charge on any atom is 0.431 e. The Labute approximate surface area is 127 Å². The molecule has 0 saturated heterocycles. The zero-order valence-electron chi connectivity index (χ0n) is 13.4. The number of hydrogen-bond acceptors (Lipinski definition) is 7. The third-order valence-corrected chi connectivity index (χ3v) is 1.50. The lowest BCUT2D eigenvalue weighted by Crippen LogP contribution is -2.43. The van der Waals surface area contributed by atoms with Gasteiger partial charge in [-0.1, -0.05) is 0 Å². The molecule has 0 aromatic heterocycles. The Hall–Kier alpha value is -2.07. The van der Waals surface area contributed by atoms with Crippen LogP contribution in [0.4, 0.5) is 9.59 Å². The number of aliphatic carboxylic acids is 1. The molecule has 0 atom stereocenters. The summed E-state index contributed by atoms with van der Waals surface area (Å²) in [7, 11) is 0. The molecular weight excluding hydrogens is 300 g/mol. The van der Waals surface area contributed by atoms with Crippen molar-refractivity contribution >= 4 is 18.2 Å². The van der Waals surface area contributed by atoms with E-state index in [0.717, 1.165) is 0 Å². The number of hydroxylamine groups is 2. The lowest BCUT2D eigenvalue weighted by molar-refractivity contribution is -0.217. The molecule has 128 valence electrons. The summed E-state index contributed by atoms with van der Waals surface area (Å²) in [6.07, 6.45) is -4.01. The quantitative estimate of drug-likeness (QED) is 0.510. The standard InChI is InChI=1S/C12H22N2O8/c1-11(2,3)19-9(17)13-21-8(7(15)16)22-14-10(18)20-12(4,5)6/h8H,1-6H3,(H,13,17)(H,14,18)(H,15,16). The normalized spacial score (nSPS) is 11.8. The molecule has 0 aromatic rings. The summed E-state index contributed by atoms with van der Waals surface area (Å²) in [4.78, 5) is 42.4. The molecule has 10 nitrogen and oxygen atoms in total. The first-order chi connectivity index (χ1) is 9.80. The first-order valence-corrected chi connectivity index (χ1v) is 6.32. The second kappa shape index (κ2) is 7.80. The van der Waals surface area contributed by atoms with E-state index in [4.69, 9.17) is 14.6 Å². The molecule has 2 amide bonds. The van der Waals surface area contributed by atoms with Crippen LogP contribution in [-0.4, -0.2) is 40.8 Å². The fourth-order valence-electron chi connectivity index (χ4n) is 0.926. The van der Waals surface area contributed by atoms with Gasteiger partial charge in [0, 0.05) is 0 Å².